The highest BCUT2D eigenvalue weighted by Crippen LogP contribution is 2.25. The van der Waals surface area contributed by atoms with Crippen molar-refractivity contribution < 1.29 is 0 Å². The van der Waals surface area contributed by atoms with Crippen LogP contribution in [0.5, 0.6) is 0 Å². The molecule has 78 valence electrons. The maximum Gasteiger partial charge on any atom is 0.0733 e. The Bertz CT molecular complexity index is 498. The number of pyridine rings is 1. The average molecular weight is 199 g/mol. The molecule has 0 saturated heterocycles. The lowest BCUT2D eigenvalue weighted by Crippen LogP contribution is -1.92. The van der Waals surface area contributed by atoms with E-state index in [4.69, 9.17) is 0 Å². The summed E-state index contributed by atoms with van der Waals surface area (Å²) < 4.78 is 0. The Hall–Kier alpha value is -1.37. The molecule has 0 aliphatic carbocycles. The van der Waals surface area contributed by atoms with E-state index < -0.39 is 0 Å². The van der Waals surface area contributed by atoms with Crippen LogP contribution in [0.2, 0.25) is 0 Å². The SMILES string of the molecule is Cc1ccnc2c(C)cc(C(C)C)cc12. The van der Waals surface area contributed by atoms with Crippen LogP contribution in [0.25, 0.3) is 10.9 Å². The van der Waals surface area contributed by atoms with Crippen LogP contribution in [0.1, 0.15) is 36.5 Å². The molecule has 2 aromatic rings. The molecule has 0 spiro atoms. The lowest BCUT2D eigenvalue weighted by atomic mass is 9.96. The standard InChI is InChI=1S/C14H17N/c1-9(2)12-7-11(4)14-13(8-12)10(3)5-6-15-14/h5-9H,1-4H3. The zero-order chi connectivity index (χ0) is 11.0. The zero-order valence-electron chi connectivity index (χ0n) is 9.83. The minimum absolute atomic E-state index is 0.577. The normalized spacial score (nSPS) is 11.3. The Kier molecular flexibility index (Phi) is 2.47. The highest BCUT2D eigenvalue weighted by molar-refractivity contribution is 5.85. The van der Waals surface area contributed by atoms with Gasteiger partial charge in [0.1, 0.15) is 0 Å². The van der Waals surface area contributed by atoms with Crippen LogP contribution in [0, 0.1) is 13.8 Å². The van der Waals surface area contributed by atoms with E-state index in [1.54, 1.807) is 0 Å². The third-order valence-corrected chi connectivity index (χ3v) is 2.94. The summed E-state index contributed by atoms with van der Waals surface area (Å²) in [5.74, 6) is 0.577. The fourth-order valence-electron chi connectivity index (χ4n) is 1.93. The van der Waals surface area contributed by atoms with Crippen molar-refractivity contribution in [1.82, 2.24) is 4.98 Å². The van der Waals surface area contributed by atoms with Crippen LogP contribution < -0.4 is 0 Å². The highest BCUT2D eigenvalue weighted by atomic mass is 14.6. The summed E-state index contributed by atoms with van der Waals surface area (Å²) in [5.41, 5.74) is 5.13. The Labute approximate surface area is 91.2 Å². The quantitative estimate of drug-likeness (QED) is 0.677. The van der Waals surface area contributed by atoms with Crippen molar-refractivity contribution in [3.05, 3.63) is 41.1 Å². The second kappa shape index (κ2) is 3.65. The number of aromatic nitrogens is 1. The molecule has 1 aromatic heterocycles. The summed E-state index contributed by atoms with van der Waals surface area (Å²) in [7, 11) is 0. The number of hydrogen-bond donors (Lipinski definition) is 0. The fraction of sp³-hybridized carbons (Fsp3) is 0.357. The molecule has 2 rings (SSSR count). The maximum atomic E-state index is 4.44. The van der Waals surface area contributed by atoms with Gasteiger partial charge < -0.3 is 0 Å². The number of benzene rings is 1. The van der Waals surface area contributed by atoms with E-state index in [0.717, 1.165) is 5.52 Å². The Morgan fingerprint density at radius 2 is 1.80 bits per heavy atom. The number of rotatable bonds is 1. The van der Waals surface area contributed by atoms with Gasteiger partial charge in [-0.3, -0.25) is 4.98 Å². The molecule has 0 radical (unpaired) electrons. The van der Waals surface area contributed by atoms with Crippen LogP contribution in [-0.4, -0.2) is 4.98 Å². The first-order chi connectivity index (χ1) is 7.09. The summed E-state index contributed by atoms with van der Waals surface area (Å²) >= 11 is 0. The molecular formula is C14H17N. The number of nitrogens with zero attached hydrogens (tertiary/aromatic N) is 1. The minimum atomic E-state index is 0.577. The van der Waals surface area contributed by atoms with Gasteiger partial charge in [-0.2, -0.15) is 0 Å². The van der Waals surface area contributed by atoms with Crippen LogP contribution in [0.4, 0.5) is 0 Å². The van der Waals surface area contributed by atoms with Crippen LogP contribution in [0.3, 0.4) is 0 Å². The van der Waals surface area contributed by atoms with Gasteiger partial charge in [0.25, 0.3) is 0 Å². The summed E-state index contributed by atoms with van der Waals surface area (Å²) in [6, 6.07) is 6.60. The molecule has 1 aromatic carbocycles. The van der Waals surface area contributed by atoms with Gasteiger partial charge in [0, 0.05) is 11.6 Å². The second-order valence-electron chi connectivity index (χ2n) is 4.52. The number of hydrogen-bond acceptors (Lipinski definition) is 1. The van der Waals surface area contributed by atoms with Crippen molar-refractivity contribution in [2.24, 2.45) is 0 Å². The third-order valence-electron chi connectivity index (χ3n) is 2.94. The van der Waals surface area contributed by atoms with Crippen molar-refractivity contribution in [2.45, 2.75) is 33.6 Å². The lowest BCUT2D eigenvalue weighted by Gasteiger charge is -2.10. The zero-order valence-corrected chi connectivity index (χ0v) is 9.83. The van der Waals surface area contributed by atoms with Crippen molar-refractivity contribution in [3.8, 4) is 0 Å². The average Bonchev–Trinajstić information content (AvgIpc) is 2.19. The Morgan fingerprint density at radius 3 is 2.47 bits per heavy atom. The van der Waals surface area contributed by atoms with Crippen LogP contribution in [0.15, 0.2) is 24.4 Å². The fourth-order valence-corrected chi connectivity index (χ4v) is 1.93. The van der Waals surface area contributed by atoms with Gasteiger partial charge in [0.15, 0.2) is 0 Å². The van der Waals surface area contributed by atoms with E-state index in [2.05, 4.69) is 50.9 Å². The van der Waals surface area contributed by atoms with Gasteiger partial charge in [-0.1, -0.05) is 19.9 Å². The molecule has 0 amide bonds. The summed E-state index contributed by atoms with van der Waals surface area (Å²) in [4.78, 5) is 4.44. The molecule has 0 atom stereocenters. The monoisotopic (exact) mass is 199 g/mol. The topological polar surface area (TPSA) is 12.9 Å². The smallest absolute Gasteiger partial charge is 0.0733 e. The molecule has 0 bridgehead atoms. The molecule has 0 unspecified atom stereocenters. The molecule has 0 aliphatic heterocycles. The summed E-state index contributed by atoms with van der Waals surface area (Å²) in [6.45, 7) is 8.74. The Balaban J connectivity index is 2.80. The van der Waals surface area contributed by atoms with E-state index in [9.17, 15) is 0 Å². The van der Waals surface area contributed by atoms with Gasteiger partial charge in [0.2, 0.25) is 0 Å². The minimum Gasteiger partial charge on any atom is -0.256 e. The molecule has 1 nitrogen and oxygen atoms in total. The van der Waals surface area contributed by atoms with Gasteiger partial charge in [-0.15, -0.1) is 0 Å². The van der Waals surface area contributed by atoms with Crippen LogP contribution >= 0.6 is 0 Å². The molecule has 1 heteroatoms. The first-order valence-electron chi connectivity index (χ1n) is 5.45. The van der Waals surface area contributed by atoms with Gasteiger partial charge in [0.05, 0.1) is 5.52 Å². The van der Waals surface area contributed by atoms with Gasteiger partial charge in [-0.25, -0.2) is 0 Å². The van der Waals surface area contributed by atoms with Crippen molar-refractivity contribution in [1.29, 1.82) is 0 Å². The molecule has 15 heavy (non-hydrogen) atoms. The molecule has 0 N–H and O–H groups in total. The Morgan fingerprint density at radius 1 is 1.07 bits per heavy atom. The van der Waals surface area contributed by atoms with E-state index in [1.807, 2.05) is 6.20 Å². The maximum absolute atomic E-state index is 4.44. The van der Waals surface area contributed by atoms with E-state index in [1.165, 1.54) is 22.1 Å². The van der Waals surface area contributed by atoms with Crippen molar-refractivity contribution >= 4 is 10.9 Å². The van der Waals surface area contributed by atoms with Gasteiger partial charge >= 0.3 is 0 Å². The molecule has 1 heterocycles. The van der Waals surface area contributed by atoms with E-state index >= 15 is 0 Å². The number of aryl methyl sites for hydroxylation is 2. The molecule has 0 fully saturated rings. The second-order valence-corrected chi connectivity index (χ2v) is 4.52. The molecule has 0 saturated carbocycles. The first-order valence-corrected chi connectivity index (χ1v) is 5.45. The lowest BCUT2D eigenvalue weighted by molar-refractivity contribution is 0.867. The first kappa shape index (κ1) is 10.2. The van der Waals surface area contributed by atoms with Crippen molar-refractivity contribution in [3.63, 3.8) is 0 Å². The molecular weight excluding hydrogens is 182 g/mol. The predicted molar refractivity (Wildman–Crippen MR) is 65.3 cm³/mol. The van der Waals surface area contributed by atoms with Gasteiger partial charge in [-0.05, 0) is 48.6 Å². The van der Waals surface area contributed by atoms with E-state index in [-0.39, 0.29) is 0 Å². The van der Waals surface area contributed by atoms with Crippen molar-refractivity contribution in [2.75, 3.05) is 0 Å². The largest absolute Gasteiger partial charge is 0.256 e. The molecule has 0 aliphatic rings. The number of fused-ring (bicyclic) bond motifs is 1. The van der Waals surface area contributed by atoms with Crippen LogP contribution in [-0.2, 0) is 0 Å². The highest BCUT2D eigenvalue weighted by Gasteiger charge is 2.06. The summed E-state index contributed by atoms with van der Waals surface area (Å²) in [6.07, 6.45) is 1.89. The van der Waals surface area contributed by atoms with E-state index in [0.29, 0.717) is 5.92 Å². The summed E-state index contributed by atoms with van der Waals surface area (Å²) in [5, 5.41) is 1.29. The predicted octanol–water partition coefficient (Wildman–Crippen LogP) is 3.98. The third kappa shape index (κ3) is 1.74.